The number of ether oxygens (including phenoxy) is 1. The number of aromatic nitrogens is 2. The molecule has 0 spiro atoms. The number of H-pyrrole nitrogens is 1. The third kappa shape index (κ3) is 4.23. The van der Waals surface area contributed by atoms with Crippen LogP contribution in [-0.4, -0.2) is 40.7 Å². The summed E-state index contributed by atoms with van der Waals surface area (Å²) in [6, 6.07) is 5.83. The van der Waals surface area contributed by atoms with E-state index in [2.05, 4.69) is 32.4 Å². The van der Waals surface area contributed by atoms with Gasteiger partial charge in [-0.05, 0) is 24.3 Å². The van der Waals surface area contributed by atoms with Crippen molar-refractivity contribution in [3.63, 3.8) is 0 Å². The van der Waals surface area contributed by atoms with Crippen LogP contribution in [0.2, 0.25) is 0 Å². The molecule has 6 heteroatoms. The first-order valence-corrected chi connectivity index (χ1v) is 8.07. The van der Waals surface area contributed by atoms with Crippen molar-refractivity contribution in [3.8, 4) is 0 Å². The molecule has 0 amide bonds. The Morgan fingerprint density at radius 2 is 2.48 bits per heavy atom. The molecule has 1 fully saturated rings. The third-order valence-electron chi connectivity index (χ3n) is 3.64. The highest BCUT2D eigenvalue weighted by Gasteiger charge is 2.20. The van der Waals surface area contributed by atoms with Gasteiger partial charge in [-0.1, -0.05) is 6.07 Å². The molecule has 1 aliphatic rings. The van der Waals surface area contributed by atoms with Crippen LogP contribution >= 0.6 is 11.3 Å². The number of nitrogens with one attached hydrogen (secondary N) is 1. The molecule has 2 aromatic rings. The van der Waals surface area contributed by atoms with Crippen LogP contribution in [0.15, 0.2) is 34.7 Å². The second-order valence-corrected chi connectivity index (χ2v) is 6.28. The van der Waals surface area contributed by atoms with E-state index in [9.17, 15) is 4.79 Å². The molecule has 0 bridgehead atoms. The molecule has 3 heterocycles. The first-order valence-electron chi connectivity index (χ1n) is 7.19. The molecule has 21 heavy (non-hydrogen) atoms. The van der Waals surface area contributed by atoms with E-state index in [1.807, 2.05) is 0 Å². The number of aromatic amines is 1. The van der Waals surface area contributed by atoms with Crippen LogP contribution in [0.1, 0.15) is 17.0 Å². The van der Waals surface area contributed by atoms with E-state index in [4.69, 9.17) is 4.74 Å². The summed E-state index contributed by atoms with van der Waals surface area (Å²) in [4.78, 5) is 21.8. The quantitative estimate of drug-likeness (QED) is 0.913. The van der Waals surface area contributed by atoms with E-state index in [1.54, 1.807) is 17.4 Å². The highest BCUT2D eigenvalue weighted by molar-refractivity contribution is 7.09. The number of aryl methyl sites for hydroxylation is 1. The Hall–Kier alpha value is -1.50. The maximum atomic E-state index is 11.2. The average molecular weight is 305 g/mol. The summed E-state index contributed by atoms with van der Waals surface area (Å²) in [5.41, 5.74) is 0.738. The van der Waals surface area contributed by atoms with Gasteiger partial charge in [-0.15, -0.1) is 11.3 Å². The molecular weight excluding hydrogens is 286 g/mol. The van der Waals surface area contributed by atoms with Gasteiger partial charge in [0.05, 0.1) is 19.0 Å². The van der Waals surface area contributed by atoms with Gasteiger partial charge in [0, 0.05) is 36.3 Å². The number of morpholine rings is 1. The number of hydrogen-bond donors (Lipinski definition) is 1. The monoisotopic (exact) mass is 305 g/mol. The maximum absolute atomic E-state index is 11.2. The molecule has 1 saturated heterocycles. The molecule has 1 N–H and O–H groups in total. The Morgan fingerprint density at radius 1 is 1.52 bits per heavy atom. The first kappa shape index (κ1) is 14.4. The lowest BCUT2D eigenvalue weighted by Crippen LogP contribution is -2.42. The minimum Gasteiger partial charge on any atom is -0.376 e. The molecule has 3 rings (SSSR count). The predicted molar refractivity (Wildman–Crippen MR) is 82.5 cm³/mol. The van der Waals surface area contributed by atoms with Crippen LogP contribution < -0.4 is 5.56 Å². The number of hydrogen-bond acceptors (Lipinski definition) is 5. The van der Waals surface area contributed by atoms with E-state index in [0.29, 0.717) is 0 Å². The van der Waals surface area contributed by atoms with Gasteiger partial charge >= 0.3 is 0 Å². The smallest absolute Gasteiger partial charge is 0.250 e. The summed E-state index contributed by atoms with van der Waals surface area (Å²) in [6.45, 7) is 3.71. The van der Waals surface area contributed by atoms with Crippen molar-refractivity contribution in [2.45, 2.75) is 25.5 Å². The average Bonchev–Trinajstić information content (AvgIpc) is 2.99. The van der Waals surface area contributed by atoms with Crippen molar-refractivity contribution in [2.24, 2.45) is 0 Å². The molecule has 5 nitrogen and oxygen atoms in total. The Kier molecular flexibility index (Phi) is 4.80. The number of thiophene rings is 1. The lowest BCUT2D eigenvalue weighted by Gasteiger charge is -2.32. The molecule has 0 radical (unpaired) electrons. The summed E-state index contributed by atoms with van der Waals surface area (Å²) < 4.78 is 5.83. The minimum absolute atomic E-state index is 0.0936. The van der Waals surface area contributed by atoms with Gasteiger partial charge in [0.1, 0.15) is 0 Å². The normalized spacial score (nSPS) is 19.7. The van der Waals surface area contributed by atoms with E-state index in [1.165, 1.54) is 11.2 Å². The van der Waals surface area contributed by atoms with Crippen molar-refractivity contribution in [1.29, 1.82) is 0 Å². The van der Waals surface area contributed by atoms with Crippen LogP contribution in [-0.2, 0) is 17.7 Å². The van der Waals surface area contributed by atoms with Gasteiger partial charge in [0.2, 0.25) is 0 Å². The molecule has 0 aliphatic carbocycles. The molecule has 0 aromatic carbocycles. The summed E-state index contributed by atoms with van der Waals surface area (Å²) >= 11 is 1.80. The zero-order chi connectivity index (χ0) is 14.5. The van der Waals surface area contributed by atoms with Gasteiger partial charge in [-0.2, -0.15) is 0 Å². The van der Waals surface area contributed by atoms with Crippen molar-refractivity contribution in [1.82, 2.24) is 14.9 Å². The highest BCUT2D eigenvalue weighted by Crippen LogP contribution is 2.16. The highest BCUT2D eigenvalue weighted by atomic mass is 32.1. The molecule has 0 saturated carbocycles. The van der Waals surface area contributed by atoms with Gasteiger partial charge in [-0.3, -0.25) is 9.69 Å². The lowest BCUT2D eigenvalue weighted by atomic mass is 10.1. The topological polar surface area (TPSA) is 58.2 Å². The summed E-state index contributed by atoms with van der Waals surface area (Å²) in [5.74, 6) is 0. The fourth-order valence-electron chi connectivity index (χ4n) is 2.58. The summed E-state index contributed by atoms with van der Waals surface area (Å²) in [5, 5.41) is 2.12. The Labute approximate surface area is 127 Å². The van der Waals surface area contributed by atoms with Crippen LogP contribution in [0, 0.1) is 0 Å². The second-order valence-electron chi connectivity index (χ2n) is 5.25. The van der Waals surface area contributed by atoms with E-state index >= 15 is 0 Å². The molecular formula is C15H19N3O2S. The van der Waals surface area contributed by atoms with Gasteiger partial charge in [-0.25, -0.2) is 4.98 Å². The molecule has 112 valence electrons. The summed E-state index contributed by atoms with van der Waals surface area (Å²) in [7, 11) is 0. The van der Waals surface area contributed by atoms with Crippen LogP contribution in [0.25, 0.3) is 0 Å². The molecule has 2 aromatic heterocycles. The second kappa shape index (κ2) is 6.98. The largest absolute Gasteiger partial charge is 0.376 e. The Morgan fingerprint density at radius 3 is 3.29 bits per heavy atom. The van der Waals surface area contributed by atoms with Crippen molar-refractivity contribution in [3.05, 3.63) is 50.8 Å². The van der Waals surface area contributed by atoms with Crippen LogP contribution in [0.3, 0.4) is 0 Å². The van der Waals surface area contributed by atoms with Crippen molar-refractivity contribution < 1.29 is 4.74 Å². The first-order chi connectivity index (χ1) is 10.3. The minimum atomic E-state index is -0.0936. The van der Waals surface area contributed by atoms with Gasteiger partial charge in [0.15, 0.2) is 0 Å². The number of nitrogens with zero attached hydrogens (tertiary/aromatic N) is 2. The maximum Gasteiger partial charge on any atom is 0.250 e. The third-order valence-corrected chi connectivity index (χ3v) is 4.50. The van der Waals surface area contributed by atoms with Crippen molar-refractivity contribution >= 4 is 11.3 Å². The fraction of sp³-hybridized carbons (Fsp3) is 0.467. The lowest BCUT2D eigenvalue weighted by molar-refractivity contribution is -0.0343. The Balaban J connectivity index is 1.50. The number of rotatable bonds is 5. The van der Waals surface area contributed by atoms with Gasteiger partial charge in [0.25, 0.3) is 5.56 Å². The van der Waals surface area contributed by atoms with Gasteiger partial charge < -0.3 is 9.72 Å². The molecule has 1 unspecified atom stereocenters. The van der Waals surface area contributed by atoms with Crippen LogP contribution in [0.4, 0.5) is 0 Å². The zero-order valence-electron chi connectivity index (χ0n) is 11.8. The van der Waals surface area contributed by atoms with E-state index in [0.717, 1.165) is 44.8 Å². The van der Waals surface area contributed by atoms with Crippen molar-refractivity contribution in [2.75, 3.05) is 19.7 Å². The Bertz CT molecular complexity index is 611. The SMILES string of the molecule is O=c1cc(CCC2CN(Cc3cccs3)CCO2)nc[nH]1. The molecule has 1 atom stereocenters. The van der Waals surface area contributed by atoms with E-state index in [-0.39, 0.29) is 11.7 Å². The van der Waals surface area contributed by atoms with Crippen LogP contribution in [0.5, 0.6) is 0 Å². The molecule has 1 aliphatic heterocycles. The van der Waals surface area contributed by atoms with E-state index < -0.39 is 0 Å². The standard InChI is InChI=1S/C15H19N3O2S/c19-15-8-12(16-11-17-15)3-4-13-9-18(5-6-20-13)10-14-2-1-7-21-14/h1-2,7-8,11,13H,3-6,9-10H2,(H,16,17,19). The fourth-order valence-corrected chi connectivity index (χ4v) is 3.32. The predicted octanol–water partition coefficient (Wildman–Crippen LogP) is 1.67. The zero-order valence-corrected chi connectivity index (χ0v) is 12.6. The summed E-state index contributed by atoms with van der Waals surface area (Å²) in [6.07, 6.45) is 3.36.